The molecule has 3 heterocycles. The third-order valence-electron chi connectivity index (χ3n) is 4.98. The Labute approximate surface area is 202 Å². The summed E-state index contributed by atoms with van der Waals surface area (Å²) in [5.41, 5.74) is 3.91. The Bertz CT molecular complexity index is 1290. The topological polar surface area (TPSA) is 109 Å². The normalized spacial score (nSPS) is 11.8. The lowest BCUT2D eigenvalue weighted by atomic mass is 9.97. The van der Waals surface area contributed by atoms with Crippen molar-refractivity contribution >= 4 is 32.7 Å². The van der Waals surface area contributed by atoms with Crippen LogP contribution in [0.2, 0.25) is 0 Å². The highest BCUT2D eigenvalue weighted by molar-refractivity contribution is 7.22. The van der Waals surface area contributed by atoms with Gasteiger partial charge in [-0.3, -0.25) is 10.3 Å². The fourth-order valence-corrected chi connectivity index (χ4v) is 4.24. The lowest BCUT2D eigenvalue weighted by molar-refractivity contribution is 0.252. The lowest BCUT2D eigenvalue weighted by Crippen LogP contribution is -2.30. The molecular weight excluding hydrogens is 450 g/mol. The molecule has 2 N–H and O–H groups in total. The summed E-state index contributed by atoms with van der Waals surface area (Å²) in [7, 11) is 4.07. The number of urea groups is 1. The molecule has 0 aliphatic carbocycles. The van der Waals surface area contributed by atoms with Gasteiger partial charge in [-0.2, -0.15) is 4.98 Å². The molecular formula is C24H29N7O2S. The van der Waals surface area contributed by atoms with E-state index in [0.717, 1.165) is 33.5 Å². The fourth-order valence-electron chi connectivity index (χ4n) is 3.34. The SMILES string of the molecule is CN(C)Cc1cncc(-c2ccc3nc(NC(=O)NCCc4noc(C(C)(C)C)n4)sc3c2)c1. The highest BCUT2D eigenvalue weighted by Crippen LogP contribution is 2.30. The van der Waals surface area contributed by atoms with Gasteiger partial charge in [0.2, 0.25) is 5.89 Å². The maximum Gasteiger partial charge on any atom is 0.321 e. The molecule has 0 unspecified atom stereocenters. The molecule has 178 valence electrons. The van der Waals surface area contributed by atoms with Crippen LogP contribution in [-0.4, -0.2) is 51.7 Å². The van der Waals surface area contributed by atoms with E-state index in [1.54, 1.807) is 0 Å². The number of carbonyl (C=O) groups is 1. The second-order valence-corrected chi connectivity index (χ2v) is 10.4. The molecule has 0 aliphatic heterocycles. The molecule has 0 saturated heterocycles. The van der Waals surface area contributed by atoms with Crippen LogP contribution in [0.5, 0.6) is 0 Å². The van der Waals surface area contributed by atoms with E-state index in [4.69, 9.17) is 4.52 Å². The molecule has 3 aromatic heterocycles. The van der Waals surface area contributed by atoms with Crippen molar-refractivity contribution in [1.29, 1.82) is 0 Å². The van der Waals surface area contributed by atoms with Crippen molar-refractivity contribution in [3.05, 3.63) is 53.9 Å². The summed E-state index contributed by atoms with van der Waals surface area (Å²) in [6.07, 6.45) is 4.23. The number of benzene rings is 1. The molecule has 4 aromatic rings. The van der Waals surface area contributed by atoms with Gasteiger partial charge >= 0.3 is 6.03 Å². The molecule has 9 nitrogen and oxygen atoms in total. The summed E-state index contributed by atoms with van der Waals surface area (Å²) in [4.78, 5) is 27.7. The van der Waals surface area contributed by atoms with Crippen molar-refractivity contribution in [2.45, 2.75) is 39.2 Å². The second kappa shape index (κ2) is 9.86. The number of hydrogen-bond acceptors (Lipinski definition) is 8. The zero-order valence-electron chi connectivity index (χ0n) is 20.0. The Morgan fingerprint density at radius 2 is 1.94 bits per heavy atom. The van der Waals surface area contributed by atoms with E-state index in [1.807, 2.05) is 59.4 Å². The number of aromatic nitrogens is 4. The van der Waals surface area contributed by atoms with Crippen molar-refractivity contribution < 1.29 is 9.32 Å². The molecule has 0 radical (unpaired) electrons. The first-order valence-electron chi connectivity index (χ1n) is 11.0. The van der Waals surface area contributed by atoms with E-state index in [0.29, 0.717) is 29.8 Å². The first kappa shape index (κ1) is 23.8. The average molecular weight is 480 g/mol. The van der Waals surface area contributed by atoms with Crippen LogP contribution in [0.3, 0.4) is 0 Å². The average Bonchev–Trinajstić information content (AvgIpc) is 3.39. The van der Waals surface area contributed by atoms with Gasteiger partial charge < -0.3 is 14.7 Å². The number of carbonyl (C=O) groups excluding carboxylic acids is 1. The summed E-state index contributed by atoms with van der Waals surface area (Å²) in [6.45, 7) is 7.25. The first-order valence-corrected chi connectivity index (χ1v) is 11.9. The van der Waals surface area contributed by atoms with Crippen molar-refractivity contribution in [1.82, 2.24) is 30.3 Å². The molecule has 0 spiro atoms. The fraction of sp³-hybridized carbons (Fsp3) is 0.375. The first-order chi connectivity index (χ1) is 16.2. The number of anilines is 1. The monoisotopic (exact) mass is 479 g/mol. The van der Waals surface area contributed by atoms with E-state index in [2.05, 4.69) is 47.8 Å². The van der Waals surface area contributed by atoms with Gasteiger partial charge in [-0.25, -0.2) is 9.78 Å². The number of rotatable bonds is 7. The summed E-state index contributed by atoms with van der Waals surface area (Å²) in [5.74, 6) is 1.16. The Hall–Kier alpha value is -3.37. The summed E-state index contributed by atoms with van der Waals surface area (Å²) in [6, 6.07) is 7.90. The van der Waals surface area contributed by atoms with Gasteiger partial charge in [-0.15, -0.1) is 0 Å². The summed E-state index contributed by atoms with van der Waals surface area (Å²) in [5, 5.41) is 10.1. The zero-order chi connectivity index (χ0) is 24.3. The Balaban J connectivity index is 1.36. The standard InChI is InChI=1S/C24H29N7O2S/c1-24(2,3)21-28-20(30-33-21)8-9-26-22(32)29-23-27-18-7-6-16(11-19(18)34-23)17-10-15(12-25-13-17)14-31(4)5/h6-7,10-13H,8-9,14H2,1-5H3,(H2,26,27,29,32). The van der Waals surface area contributed by atoms with Gasteiger partial charge in [-0.1, -0.05) is 43.3 Å². The van der Waals surface area contributed by atoms with Gasteiger partial charge in [0.1, 0.15) is 0 Å². The van der Waals surface area contributed by atoms with Gasteiger partial charge in [0.25, 0.3) is 0 Å². The van der Waals surface area contributed by atoms with E-state index in [1.165, 1.54) is 11.3 Å². The van der Waals surface area contributed by atoms with Gasteiger partial charge in [0, 0.05) is 42.9 Å². The van der Waals surface area contributed by atoms with E-state index < -0.39 is 0 Å². The minimum atomic E-state index is -0.320. The maximum atomic E-state index is 12.3. The number of thiazole rings is 1. The molecule has 0 atom stereocenters. The maximum absolute atomic E-state index is 12.3. The van der Waals surface area contributed by atoms with Crippen LogP contribution in [0.15, 0.2) is 41.2 Å². The Morgan fingerprint density at radius 1 is 1.12 bits per heavy atom. The number of nitrogens with zero attached hydrogens (tertiary/aromatic N) is 5. The van der Waals surface area contributed by atoms with Crippen molar-refractivity contribution in [2.75, 3.05) is 26.0 Å². The number of hydrogen-bond donors (Lipinski definition) is 2. The van der Waals surface area contributed by atoms with Crippen LogP contribution < -0.4 is 10.6 Å². The Morgan fingerprint density at radius 3 is 2.68 bits per heavy atom. The van der Waals surface area contributed by atoms with E-state index in [9.17, 15) is 4.79 Å². The van der Waals surface area contributed by atoms with E-state index in [-0.39, 0.29) is 11.4 Å². The predicted molar refractivity (Wildman–Crippen MR) is 134 cm³/mol. The molecule has 4 rings (SSSR count). The summed E-state index contributed by atoms with van der Waals surface area (Å²) < 4.78 is 6.27. The molecule has 10 heteroatoms. The highest BCUT2D eigenvalue weighted by atomic mass is 32.1. The largest absolute Gasteiger partial charge is 0.339 e. The van der Waals surface area contributed by atoms with Gasteiger partial charge in [0.15, 0.2) is 11.0 Å². The zero-order valence-corrected chi connectivity index (χ0v) is 20.9. The van der Waals surface area contributed by atoms with Crippen LogP contribution in [0, 0.1) is 0 Å². The quantitative estimate of drug-likeness (QED) is 0.403. The molecule has 2 amide bonds. The number of fused-ring (bicyclic) bond motifs is 1. The summed E-state index contributed by atoms with van der Waals surface area (Å²) >= 11 is 1.43. The van der Waals surface area contributed by atoms with Gasteiger partial charge in [-0.05, 0) is 43.4 Å². The molecule has 0 bridgehead atoms. The third kappa shape index (κ3) is 5.95. The number of amides is 2. The van der Waals surface area contributed by atoms with Crippen molar-refractivity contribution in [3.63, 3.8) is 0 Å². The molecule has 34 heavy (non-hydrogen) atoms. The molecule has 0 saturated carbocycles. The predicted octanol–water partition coefficient (Wildman–Crippen LogP) is 4.46. The van der Waals surface area contributed by atoms with Crippen LogP contribution in [-0.2, 0) is 18.4 Å². The third-order valence-corrected chi connectivity index (χ3v) is 5.91. The van der Waals surface area contributed by atoms with Crippen LogP contribution in [0.1, 0.15) is 38.0 Å². The lowest BCUT2D eigenvalue weighted by Gasteiger charge is -2.10. The molecule has 0 aliphatic rings. The highest BCUT2D eigenvalue weighted by Gasteiger charge is 2.21. The van der Waals surface area contributed by atoms with Crippen LogP contribution >= 0.6 is 11.3 Å². The second-order valence-electron chi connectivity index (χ2n) is 9.42. The number of nitrogens with one attached hydrogen (secondary N) is 2. The molecule has 1 aromatic carbocycles. The van der Waals surface area contributed by atoms with Gasteiger partial charge in [0.05, 0.1) is 10.2 Å². The minimum absolute atomic E-state index is 0.200. The van der Waals surface area contributed by atoms with Crippen molar-refractivity contribution in [3.8, 4) is 11.1 Å². The number of pyridine rings is 1. The molecule has 0 fully saturated rings. The smallest absolute Gasteiger partial charge is 0.321 e. The van der Waals surface area contributed by atoms with Crippen LogP contribution in [0.4, 0.5) is 9.93 Å². The van der Waals surface area contributed by atoms with Crippen LogP contribution in [0.25, 0.3) is 21.3 Å². The van der Waals surface area contributed by atoms with E-state index >= 15 is 0 Å². The Kier molecular flexibility index (Phi) is 6.90. The minimum Gasteiger partial charge on any atom is -0.339 e. The van der Waals surface area contributed by atoms with Crippen molar-refractivity contribution in [2.24, 2.45) is 0 Å².